The third-order valence-corrected chi connectivity index (χ3v) is 7.00. The van der Waals surface area contributed by atoms with Crippen molar-refractivity contribution in [2.45, 2.75) is 24.7 Å². The van der Waals surface area contributed by atoms with E-state index in [1.54, 1.807) is 12.1 Å². The Morgan fingerprint density at radius 1 is 1.13 bits per heavy atom. The van der Waals surface area contributed by atoms with Gasteiger partial charge in [-0.25, -0.2) is 12.8 Å². The van der Waals surface area contributed by atoms with Crippen LogP contribution in [0.1, 0.15) is 18.4 Å². The van der Waals surface area contributed by atoms with Crippen LogP contribution in [0.3, 0.4) is 0 Å². The van der Waals surface area contributed by atoms with E-state index in [-0.39, 0.29) is 29.6 Å². The number of benzene rings is 2. The Morgan fingerprint density at radius 3 is 2.53 bits per heavy atom. The molecule has 1 heterocycles. The fourth-order valence-electron chi connectivity index (χ4n) is 3.52. The number of methoxy groups -OCH3 is 2. The molecule has 1 N–H and O–H groups in total. The van der Waals surface area contributed by atoms with Crippen molar-refractivity contribution >= 4 is 21.6 Å². The second-order valence-corrected chi connectivity index (χ2v) is 9.10. The van der Waals surface area contributed by atoms with Crippen LogP contribution in [-0.2, 0) is 14.8 Å². The molecule has 7 nitrogen and oxygen atoms in total. The zero-order valence-corrected chi connectivity index (χ0v) is 18.0. The highest BCUT2D eigenvalue weighted by Crippen LogP contribution is 2.31. The van der Waals surface area contributed by atoms with Crippen molar-refractivity contribution in [1.82, 2.24) is 4.31 Å². The van der Waals surface area contributed by atoms with Gasteiger partial charge in [0.1, 0.15) is 22.2 Å². The zero-order valence-electron chi connectivity index (χ0n) is 17.1. The molecule has 0 aliphatic carbocycles. The van der Waals surface area contributed by atoms with Gasteiger partial charge in [0.25, 0.3) is 0 Å². The molecule has 1 aliphatic heterocycles. The smallest absolute Gasteiger partial charge is 0.246 e. The predicted molar refractivity (Wildman–Crippen MR) is 111 cm³/mol. The van der Waals surface area contributed by atoms with Crippen LogP contribution in [0.2, 0.25) is 0 Å². The molecule has 0 radical (unpaired) electrons. The molecule has 0 saturated carbocycles. The van der Waals surface area contributed by atoms with Crippen molar-refractivity contribution in [3.63, 3.8) is 0 Å². The minimum absolute atomic E-state index is 0.00195. The summed E-state index contributed by atoms with van der Waals surface area (Å²) in [5, 5.41) is 2.85. The molecule has 30 heavy (non-hydrogen) atoms. The van der Waals surface area contributed by atoms with Crippen LogP contribution < -0.4 is 14.8 Å². The lowest BCUT2D eigenvalue weighted by Crippen LogP contribution is -2.43. The number of rotatable bonds is 6. The highest BCUT2D eigenvalue weighted by atomic mass is 32.2. The number of halogens is 1. The Morgan fingerprint density at radius 2 is 1.83 bits per heavy atom. The van der Waals surface area contributed by atoms with Gasteiger partial charge in [-0.2, -0.15) is 4.31 Å². The summed E-state index contributed by atoms with van der Waals surface area (Å²) in [6, 6.07) is 8.79. The Hall–Kier alpha value is -2.65. The van der Waals surface area contributed by atoms with Gasteiger partial charge in [0.15, 0.2) is 0 Å². The number of anilines is 1. The van der Waals surface area contributed by atoms with Crippen LogP contribution in [0, 0.1) is 18.7 Å². The summed E-state index contributed by atoms with van der Waals surface area (Å²) in [6.45, 7) is 2.15. The summed E-state index contributed by atoms with van der Waals surface area (Å²) >= 11 is 0. The number of carbonyl (C=O) groups is 1. The molecule has 1 fully saturated rings. The third kappa shape index (κ3) is 4.57. The van der Waals surface area contributed by atoms with Gasteiger partial charge in [-0.05, 0) is 55.7 Å². The number of hydrogen-bond donors (Lipinski definition) is 1. The number of carbonyl (C=O) groups excluding carboxylic acids is 1. The normalized spacial score (nSPS) is 17.4. The Balaban J connectivity index is 1.81. The molecule has 0 aromatic heterocycles. The highest BCUT2D eigenvalue weighted by Gasteiger charge is 2.35. The number of nitrogens with one attached hydrogen (secondary N) is 1. The van der Waals surface area contributed by atoms with E-state index in [0.29, 0.717) is 24.3 Å². The van der Waals surface area contributed by atoms with E-state index < -0.39 is 21.8 Å². The monoisotopic (exact) mass is 436 g/mol. The second-order valence-electron chi connectivity index (χ2n) is 7.19. The quantitative estimate of drug-likeness (QED) is 0.752. The number of aryl methyl sites for hydroxylation is 1. The lowest BCUT2D eigenvalue weighted by atomic mass is 9.98. The Kier molecular flexibility index (Phi) is 6.62. The summed E-state index contributed by atoms with van der Waals surface area (Å²) in [7, 11) is -1.18. The maximum absolute atomic E-state index is 13.7. The number of hydrogen-bond acceptors (Lipinski definition) is 5. The molecule has 1 aliphatic rings. The van der Waals surface area contributed by atoms with E-state index >= 15 is 0 Å². The van der Waals surface area contributed by atoms with Crippen molar-refractivity contribution in [3.05, 3.63) is 47.8 Å². The van der Waals surface area contributed by atoms with Gasteiger partial charge in [0.2, 0.25) is 15.9 Å². The minimum atomic E-state index is -4.02. The number of piperidine rings is 1. The molecular formula is C21H25FN2O5S. The van der Waals surface area contributed by atoms with Gasteiger partial charge < -0.3 is 14.8 Å². The number of nitrogens with zero attached hydrogens (tertiary/aromatic N) is 1. The molecule has 1 atom stereocenters. The lowest BCUT2D eigenvalue weighted by molar-refractivity contribution is -0.120. The van der Waals surface area contributed by atoms with Crippen LogP contribution in [-0.4, -0.2) is 45.9 Å². The van der Waals surface area contributed by atoms with Crippen molar-refractivity contribution < 1.29 is 27.1 Å². The van der Waals surface area contributed by atoms with E-state index in [9.17, 15) is 17.6 Å². The van der Waals surface area contributed by atoms with Crippen molar-refractivity contribution in [2.75, 3.05) is 32.6 Å². The largest absolute Gasteiger partial charge is 0.495 e. The van der Waals surface area contributed by atoms with E-state index in [1.165, 1.54) is 24.6 Å². The average Bonchev–Trinajstić information content (AvgIpc) is 2.74. The maximum Gasteiger partial charge on any atom is 0.246 e. The SMILES string of the molecule is COc1ccc(C)cc1NC(=O)[C@@H]1CCCN(S(=O)(=O)c2cc(F)ccc2OC)C1. The minimum Gasteiger partial charge on any atom is -0.495 e. The van der Waals surface area contributed by atoms with Crippen LogP contribution in [0.15, 0.2) is 41.3 Å². The first-order chi connectivity index (χ1) is 14.3. The van der Waals surface area contributed by atoms with Crippen LogP contribution in [0.5, 0.6) is 11.5 Å². The Bertz CT molecular complexity index is 1040. The molecular weight excluding hydrogens is 411 g/mol. The van der Waals surface area contributed by atoms with Crippen LogP contribution >= 0.6 is 0 Å². The molecule has 2 aromatic rings. The zero-order chi connectivity index (χ0) is 21.9. The van der Waals surface area contributed by atoms with Crippen LogP contribution in [0.4, 0.5) is 10.1 Å². The van der Waals surface area contributed by atoms with Gasteiger partial charge in [-0.15, -0.1) is 0 Å². The van der Waals surface area contributed by atoms with Crippen molar-refractivity contribution in [3.8, 4) is 11.5 Å². The van der Waals surface area contributed by atoms with Crippen molar-refractivity contribution in [1.29, 1.82) is 0 Å². The van der Waals surface area contributed by atoms with Crippen molar-refractivity contribution in [2.24, 2.45) is 5.92 Å². The summed E-state index contributed by atoms with van der Waals surface area (Å²) in [5.41, 5.74) is 1.49. The number of ether oxygens (including phenoxy) is 2. The highest BCUT2D eigenvalue weighted by molar-refractivity contribution is 7.89. The van der Waals surface area contributed by atoms with E-state index in [1.807, 2.05) is 13.0 Å². The summed E-state index contributed by atoms with van der Waals surface area (Å²) < 4.78 is 51.6. The molecule has 0 bridgehead atoms. The van der Waals surface area contributed by atoms with Gasteiger partial charge in [0, 0.05) is 13.1 Å². The van der Waals surface area contributed by atoms with Gasteiger partial charge in [-0.1, -0.05) is 6.07 Å². The molecule has 3 rings (SSSR count). The predicted octanol–water partition coefficient (Wildman–Crippen LogP) is 3.19. The van der Waals surface area contributed by atoms with Crippen LogP contribution in [0.25, 0.3) is 0 Å². The summed E-state index contributed by atoms with van der Waals surface area (Å²) in [4.78, 5) is 12.6. The first-order valence-corrected chi connectivity index (χ1v) is 11.0. The lowest BCUT2D eigenvalue weighted by Gasteiger charge is -2.31. The van der Waals surface area contributed by atoms with E-state index in [4.69, 9.17) is 9.47 Å². The van der Waals surface area contributed by atoms with Gasteiger partial charge in [0.05, 0.1) is 25.8 Å². The molecule has 0 unspecified atom stereocenters. The first-order valence-electron chi connectivity index (χ1n) is 9.55. The summed E-state index contributed by atoms with van der Waals surface area (Å²) in [6.07, 6.45) is 1.06. The average molecular weight is 437 g/mol. The molecule has 1 saturated heterocycles. The second kappa shape index (κ2) is 9.01. The third-order valence-electron chi connectivity index (χ3n) is 5.11. The summed E-state index contributed by atoms with van der Waals surface area (Å²) in [5.74, 6) is -0.915. The fraction of sp³-hybridized carbons (Fsp3) is 0.381. The van der Waals surface area contributed by atoms with Gasteiger partial charge >= 0.3 is 0 Å². The molecule has 1 amide bonds. The molecule has 162 valence electrons. The van der Waals surface area contributed by atoms with E-state index in [0.717, 1.165) is 17.7 Å². The first kappa shape index (κ1) is 22.0. The number of sulfonamides is 1. The Labute approximate surface area is 175 Å². The molecule has 0 spiro atoms. The molecule has 9 heteroatoms. The van der Waals surface area contributed by atoms with E-state index in [2.05, 4.69) is 5.32 Å². The van der Waals surface area contributed by atoms with Gasteiger partial charge in [-0.3, -0.25) is 4.79 Å². The fourth-order valence-corrected chi connectivity index (χ4v) is 5.21. The topological polar surface area (TPSA) is 84.9 Å². The standard InChI is InChI=1S/C21H25FN2O5S/c1-14-6-8-18(28-2)17(11-14)23-21(25)15-5-4-10-24(13-15)30(26,27)20-12-16(22)7-9-19(20)29-3/h6-9,11-12,15H,4-5,10,13H2,1-3H3,(H,23,25)/t15-/m1/s1. The molecule has 2 aromatic carbocycles. The maximum atomic E-state index is 13.7. The number of amides is 1.